The Balaban J connectivity index is 1.70. The molecule has 1 amide bonds. The fourth-order valence-corrected chi connectivity index (χ4v) is 3.26. The van der Waals surface area contributed by atoms with Gasteiger partial charge in [-0.25, -0.2) is 0 Å². The second-order valence-electron chi connectivity index (χ2n) is 6.50. The minimum absolute atomic E-state index is 0.0837. The third kappa shape index (κ3) is 5.25. The number of halogens is 4. The molecule has 0 unspecified atom stereocenters. The van der Waals surface area contributed by atoms with Gasteiger partial charge in [-0.3, -0.25) is 9.69 Å². The van der Waals surface area contributed by atoms with Gasteiger partial charge >= 0.3 is 6.18 Å². The molecular weight excluding hydrogens is 393 g/mol. The summed E-state index contributed by atoms with van der Waals surface area (Å²) in [5.41, 5.74) is 0.403. The van der Waals surface area contributed by atoms with Gasteiger partial charge in [-0.2, -0.15) is 13.2 Å². The second-order valence-corrected chi connectivity index (χ2v) is 6.94. The maximum atomic E-state index is 12.7. The molecule has 1 atom stereocenters. The minimum Gasteiger partial charge on any atom is -0.379 e. The molecule has 2 aromatic carbocycles. The number of ether oxygens (including phenoxy) is 1. The van der Waals surface area contributed by atoms with Crippen molar-refractivity contribution in [2.24, 2.45) is 0 Å². The van der Waals surface area contributed by atoms with E-state index in [4.69, 9.17) is 16.3 Å². The highest BCUT2D eigenvalue weighted by Crippen LogP contribution is 2.29. The van der Waals surface area contributed by atoms with E-state index < -0.39 is 17.6 Å². The van der Waals surface area contributed by atoms with Gasteiger partial charge in [0.1, 0.15) is 0 Å². The summed E-state index contributed by atoms with van der Waals surface area (Å²) in [5.74, 6) is -0.416. The molecule has 28 heavy (non-hydrogen) atoms. The second kappa shape index (κ2) is 8.94. The van der Waals surface area contributed by atoms with Gasteiger partial charge in [-0.05, 0) is 42.0 Å². The molecular formula is C20H20ClF3N2O2. The normalized spacial score (nSPS) is 16.6. The van der Waals surface area contributed by atoms with Gasteiger partial charge in [0, 0.05) is 30.2 Å². The van der Waals surface area contributed by atoms with E-state index in [1.165, 1.54) is 12.1 Å². The van der Waals surface area contributed by atoms with Gasteiger partial charge in [0.05, 0.1) is 24.8 Å². The number of rotatable bonds is 5. The Kier molecular flexibility index (Phi) is 6.59. The summed E-state index contributed by atoms with van der Waals surface area (Å²) in [4.78, 5) is 14.6. The fraction of sp³-hybridized carbons (Fsp3) is 0.350. The number of benzene rings is 2. The molecule has 1 saturated heterocycles. The Labute approximate surface area is 166 Å². The van der Waals surface area contributed by atoms with Crippen LogP contribution in [0.2, 0.25) is 5.02 Å². The first-order chi connectivity index (χ1) is 13.3. The number of nitrogens with one attached hydrogen (secondary N) is 1. The summed E-state index contributed by atoms with van der Waals surface area (Å²) in [6.07, 6.45) is -4.43. The van der Waals surface area contributed by atoms with E-state index in [0.29, 0.717) is 24.8 Å². The molecule has 0 radical (unpaired) electrons. The van der Waals surface area contributed by atoms with Crippen LogP contribution in [0.1, 0.15) is 27.5 Å². The van der Waals surface area contributed by atoms with Crippen LogP contribution in [-0.4, -0.2) is 43.7 Å². The van der Waals surface area contributed by atoms with E-state index in [2.05, 4.69) is 10.2 Å². The maximum absolute atomic E-state index is 12.7. The molecule has 0 aliphatic carbocycles. The molecule has 1 fully saturated rings. The molecule has 1 N–H and O–H groups in total. The number of carbonyl (C=O) groups is 1. The standard InChI is InChI=1S/C20H20ClF3N2O2/c21-17-7-3-14(4-8-17)18(26-9-11-28-12-10-26)13-25-19(27)15-1-5-16(6-2-15)20(22,23)24/h1-8,18H,9-13H2,(H,25,27)/t18-/m1/s1. The Morgan fingerprint density at radius 2 is 1.68 bits per heavy atom. The van der Waals surface area contributed by atoms with E-state index in [1.807, 2.05) is 12.1 Å². The predicted molar refractivity (Wildman–Crippen MR) is 100 cm³/mol. The van der Waals surface area contributed by atoms with Crippen molar-refractivity contribution in [3.63, 3.8) is 0 Å². The van der Waals surface area contributed by atoms with Gasteiger partial charge in [0.15, 0.2) is 0 Å². The van der Waals surface area contributed by atoms with E-state index in [1.54, 1.807) is 12.1 Å². The molecule has 1 aliphatic rings. The van der Waals surface area contributed by atoms with Crippen molar-refractivity contribution >= 4 is 17.5 Å². The molecule has 4 nitrogen and oxygen atoms in total. The molecule has 0 saturated carbocycles. The van der Waals surface area contributed by atoms with Crippen molar-refractivity contribution in [2.75, 3.05) is 32.8 Å². The topological polar surface area (TPSA) is 41.6 Å². The van der Waals surface area contributed by atoms with Crippen molar-refractivity contribution in [1.29, 1.82) is 0 Å². The van der Waals surface area contributed by atoms with Crippen LogP contribution in [0.4, 0.5) is 13.2 Å². The number of carbonyl (C=O) groups excluding carboxylic acids is 1. The Bertz CT molecular complexity index is 789. The summed E-state index contributed by atoms with van der Waals surface area (Å²) in [5, 5.41) is 3.46. The molecule has 150 valence electrons. The van der Waals surface area contributed by atoms with Crippen LogP contribution in [0.3, 0.4) is 0 Å². The molecule has 0 aromatic heterocycles. The zero-order chi connectivity index (χ0) is 20.1. The summed E-state index contributed by atoms with van der Waals surface area (Å²) in [6.45, 7) is 2.99. The highest BCUT2D eigenvalue weighted by atomic mass is 35.5. The lowest BCUT2D eigenvalue weighted by Gasteiger charge is -2.35. The molecule has 2 aromatic rings. The third-order valence-corrected chi connectivity index (χ3v) is 4.92. The van der Waals surface area contributed by atoms with Crippen molar-refractivity contribution in [1.82, 2.24) is 10.2 Å². The van der Waals surface area contributed by atoms with Crippen molar-refractivity contribution in [2.45, 2.75) is 12.2 Å². The van der Waals surface area contributed by atoms with Gasteiger partial charge in [-0.1, -0.05) is 23.7 Å². The Morgan fingerprint density at radius 1 is 1.07 bits per heavy atom. The van der Waals surface area contributed by atoms with E-state index in [0.717, 1.165) is 30.8 Å². The average molecular weight is 413 g/mol. The molecule has 0 bridgehead atoms. The number of hydrogen-bond donors (Lipinski definition) is 1. The van der Waals surface area contributed by atoms with Crippen molar-refractivity contribution < 1.29 is 22.7 Å². The van der Waals surface area contributed by atoms with Crippen LogP contribution in [-0.2, 0) is 10.9 Å². The predicted octanol–water partition coefficient (Wildman–Crippen LogP) is 4.16. The van der Waals surface area contributed by atoms with Gasteiger partial charge in [0.25, 0.3) is 5.91 Å². The summed E-state index contributed by atoms with van der Waals surface area (Å²) >= 11 is 5.97. The maximum Gasteiger partial charge on any atom is 0.416 e. The molecule has 3 rings (SSSR count). The quantitative estimate of drug-likeness (QED) is 0.801. The number of alkyl halides is 3. The van der Waals surface area contributed by atoms with Gasteiger partial charge in [-0.15, -0.1) is 0 Å². The third-order valence-electron chi connectivity index (χ3n) is 4.67. The Hall–Kier alpha value is -2.09. The minimum atomic E-state index is -4.43. The van der Waals surface area contributed by atoms with Crippen LogP contribution in [0.25, 0.3) is 0 Å². The van der Waals surface area contributed by atoms with Crippen molar-refractivity contribution in [3.8, 4) is 0 Å². The van der Waals surface area contributed by atoms with Crippen LogP contribution in [0.5, 0.6) is 0 Å². The molecule has 8 heteroatoms. The summed E-state index contributed by atoms with van der Waals surface area (Å²) < 4.78 is 43.4. The lowest BCUT2D eigenvalue weighted by molar-refractivity contribution is -0.137. The largest absolute Gasteiger partial charge is 0.416 e. The zero-order valence-corrected chi connectivity index (χ0v) is 15.8. The smallest absolute Gasteiger partial charge is 0.379 e. The summed E-state index contributed by atoms with van der Waals surface area (Å²) in [7, 11) is 0. The van der Waals surface area contributed by atoms with Crippen LogP contribution >= 0.6 is 11.6 Å². The number of nitrogens with zero attached hydrogens (tertiary/aromatic N) is 1. The highest BCUT2D eigenvalue weighted by Gasteiger charge is 2.30. The van der Waals surface area contributed by atoms with Crippen LogP contribution < -0.4 is 5.32 Å². The average Bonchev–Trinajstić information content (AvgIpc) is 2.69. The fourth-order valence-electron chi connectivity index (χ4n) is 3.13. The first kappa shape index (κ1) is 20.6. The lowest BCUT2D eigenvalue weighted by Crippen LogP contribution is -2.43. The monoisotopic (exact) mass is 412 g/mol. The van der Waals surface area contributed by atoms with Crippen LogP contribution in [0, 0.1) is 0 Å². The van der Waals surface area contributed by atoms with E-state index in [9.17, 15) is 18.0 Å². The first-order valence-corrected chi connectivity index (χ1v) is 9.25. The van der Waals surface area contributed by atoms with Crippen LogP contribution in [0.15, 0.2) is 48.5 Å². The first-order valence-electron chi connectivity index (χ1n) is 8.87. The number of hydrogen-bond acceptors (Lipinski definition) is 3. The molecule has 1 aliphatic heterocycles. The van der Waals surface area contributed by atoms with E-state index in [-0.39, 0.29) is 11.6 Å². The Morgan fingerprint density at radius 3 is 2.25 bits per heavy atom. The SMILES string of the molecule is O=C(NC[C@H](c1ccc(Cl)cc1)N1CCOCC1)c1ccc(C(F)(F)F)cc1. The summed E-state index contributed by atoms with van der Waals surface area (Å²) in [6, 6.07) is 11.5. The van der Waals surface area contributed by atoms with Gasteiger partial charge in [0.2, 0.25) is 0 Å². The van der Waals surface area contributed by atoms with Gasteiger partial charge < -0.3 is 10.1 Å². The molecule has 0 spiro atoms. The number of morpholine rings is 1. The number of amides is 1. The van der Waals surface area contributed by atoms with Crippen molar-refractivity contribution in [3.05, 3.63) is 70.2 Å². The molecule has 1 heterocycles. The zero-order valence-electron chi connectivity index (χ0n) is 15.0. The highest BCUT2D eigenvalue weighted by molar-refractivity contribution is 6.30. The van der Waals surface area contributed by atoms with E-state index >= 15 is 0 Å². The lowest BCUT2D eigenvalue weighted by atomic mass is 10.0.